The lowest BCUT2D eigenvalue weighted by molar-refractivity contribution is -0.117. The van der Waals surface area contributed by atoms with Crippen molar-refractivity contribution >= 4 is 16.6 Å². The van der Waals surface area contributed by atoms with E-state index in [-0.39, 0.29) is 23.6 Å². The van der Waals surface area contributed by atoms with E-state index < -0.39 is 11.9 Å². The lowest BCUT2D eigenvalue weighted by Crippen LogP contribution is -2.25. The normalized spacial score (nSPS) is 14.6. The van der Waals surface area contributed by atoms with Crippen molar-refractivity contribution in [1.29, 1.82) is 0 Å². The minimum atomic E-state index is -0.584. The van der Waals surface area contributed by atoms with Crippen molar-refractivity contribution in [3.05, 3.63) is 94.3 Å². The molecule has 5 heteroatoms. The highest BCUT2D eigenvalue weighted by Gasteiger charge is 2.34. The van der Waals surface area contributed by atoms with E-state index in [1.807, 2.05) is 12.1 Å². The van der Waals surface area contributed by atoms with Gasteiger partial charge in [-0.3, -0.25) is 14.2 Å². The van der Waals surface area contributed by atoms with Gasteiger partial charge < -0.3 is 0 Å². The van der Waals surface area contributed by atoms with Crippen LogP contribution in [0.2, 0.25) is 0 Å². The second-order valence-electron chi connectivity index (χ2n) is 7.60. The van der Waals surface area contributed by atoms with Gasteiger partial charge in [-0.15, -0.1) is 0 Å². The maximum absolute atomic E-state index is 14.1. The summed E-state index contributed by atoms with van der Waals surface area (Å²) in [6.45, 7) is 1.46. The highest BCUT2D eigenvalue weighted by Crippen LogP contribution is 2.47. The third-order valence-corrected chi connectivity index (χ3v) is 5.68. The summed E-state index contributed by atoms with van der Waals surface area (Å²) in [6.07, 6.45) is 0.0879. The predicted molar refractivity (Wildman–Crippen MR) is 112 cm³/mol. The second-order valence-corrected chi connectivity index (χ2v) is 7.60. The summed E-state index contributed by atoms with van der Waals surface area (Å²) in [5.41, 5.74) is 3.24. The van der Waals surface area contributed by atoms with Gasteiger partial charge in [-0.25, -0.2) is 8.78 Å². The van der Waals surface area contributed by atoms with Crippen molar-refractivity contribution < 1.29 is 13.6 Å². The smallest absolute Gasteiger partial charge is 0.259 e. The molecule has 1 aliphatic rings. The van der Waals surface area contributed by atoms with Crippen LogP contribution in [0.5, 0.6) is 0 Å². The molecule has 3 aromatic carbocycles. The van der Waals surface area contributed by atoms with Crippen molar-refractivity contribution in [3.63, 3.8) is 0 Å². The second kappa shape index (κ2) is 6.73. The van der Waals surface area contributed by atoms with Crippen LogP contribution in [0.1, 0.15) is 24.9 Å². The molecule has 0 spiro atoms. The van der Waals surface area contributed by atoms with Crippen molar-refractivity contribution in [1.82, 2.24) is 4.57 Å². The molecule has 1 unspecified atom stereocenters. The molecule has 148 valence electrons. The number of halogens is 2. The predicted octanol–water partition coefficient (Wildman–Crippen LogP) is 5.50. The SMILES string of the molecule is CC(=O)CC1c2cc(F)ccc2-c2c(-c3ccc(F)cc3)c3ccccc3c(=O)n21. The molecule has 0 bridgehead atoms. The van der Waals surface area contributed by atoms with Gasteiger partial charge in [0.15, 0.2) is 0 Å². The molecule has 5 rings (SSSR count). The summed E-state index contributed by atoms with van der Waals surface area (Å²) >= 11 is 0. The van der Waals surface area contributed by atoms with E-state index in [1.54, 1.807) is 34.9 Å². The van der Waals surface area contributed by atoms with Gasteiger partial charge in [0.05, 0.1) is 11.7 Å². The van der Waals surface area contributed by atoms with E-state index in [4.69, 9.17) is 0 Å². The van der Waals surface area contributed by atoms with Gasteiger partial charge in [-0.1, -0.05) is 30.3 Å². The van der Waals surface area contributed by atoms with E-state index in [1.165, 1.54) is 31.2 Å². The van der Waals surface area contributed by atoms with E-state index in [9.17, 15) is 18.4 Å². The molecular formula is C25H17F2NO2. The molecule has 0 saturated heterocycles. The lowest BCUT2D eigenvalue weighted by atomic mass is 9.93. The van der Waals surface area contributed by atoms with Crippen LogP contribution in [-0.2, 0) is 4.79 Å². The molecule has 0 fully saturated rings. The van der Waals surface area contributed by atoms with E-state index in [0.717, 1.165) is 16.5 Å². The van der Waals surface area contributed by atoms with Gasteiger partial charge in [-0.2, -0.15) is 0 Å². The quantitative estimate of drug-likeness (QED) is 0.455. The topological polar surface area (TPSA) is 39.1 Å². The minimum absolute atomic E-state index is 0.0879. The highest BCUT2D eigenvalue weighted by atomic mass is 19.1. The molecule has 3 nitrogen and oxygen atoms in total. The van der Waals surface area contributed by atoms with Crippen molar-refractivity contribution in [2.75, 3.05) is 0 Å². The Morgan fingerprint density at radius 3 is 2.30 bits per heavy atom. The summed E-state index contributed by atoms with van der Waals surface area (Å²) in [4.78, 5) is 25.5. The number of aromatic nitrogens is 1. The molecule has 1 atom stereocenters. The third-order valence-electron chi connectivity index (χ3n) is 5.68. The first-order chi connectivity index (χ1) is 14.5. The summed E-state index contributed by atoms with van der Waals surface area (Å²) < 4.78 is 29.3. The number of pyridine rings is 1. The zero-order chi connectivity index (χ0) is 21.0. The number of nitrogens with zero attached hydrogens (tertiary/aromatic N) is 1. The molecular weight excluding hydrogens is 384 g/mol. The number of hydrogen-bond acceptors (Lipinski definition) is 2. The van der Waals surface area contributed by atoms with Gasteiger partial charge >= 0.3 is 0 Å². The van der Waals surface area contributed by atoms with Gasteiger partial charge in [0, 0.05) is 22.9 Å². The number of carbonyl (C=O) groups is 1. The Labute approximate surface area is 171 Å². The standard InChI is InChI=1S/C25H17F2NO2/c1-14(29)12-22-21-13-17(27)10-11-19(21)24-23(15-6-8-16(26)9-7-15)18-4-2-3-5-20(18)25(30)28(22)24/h2-11,13,22H,12H2,1H3. The number of hydrogen-bond donors (Lipinski definition) is 0. The Morgan fingerprint density at radius 1 is 0.933 bits per heavy atom. The van der Waals surface area contributed by atoms with Crippen molar-refractivity contribution in [2.45, 2.75) is 19.4 Å². The molecule has 0 N–H and O–H groups in total. The molecule has 1 aromatic heterocycles. The Bertz CT molecular complexity index is 1390. The number of carbonyl (C=O) groups excluding carboxylic acids is 1. The van der Waals surface area contributed by atoms with Gasteiger partial charge in [0.25, 0.3) is 5.56 Å². The van der Waals surface area contributed by atoms with Gasteiger partial charge in [-0.05, 0) is 59.8 Å². The van der Waals surface area contributed by atoms with Crippen LogP contribution in [0, 0.1) is 11.6 Å². The maximum atomic E-state index is 14.1. The monoisotopic (exact) mass is 401 g/mol. The summed E-state index contributed by atoms with van der Waals surface area (Å²) in [5, 5.41) is 1.24. The lowest BCUT2D eigenvalue weighted by Gasteiger charge is -2.18. The Morgan fingerprint density at radius 2 is 1.60 bits per heavy atom. The van der Waals surface area contributed by atoms with Crippen LogP contribution < -0.4 is 5.56 Å². The summed E-state index contributed by atoms with van der Waals surface area (Å²) in [7, 11) is 0. The Kier molecular flexibility index (Phi) is 4.13. The first-order valence-corrected chi connectivity index (χ1v) is 9.68. The zero-order valence-electron chi connectivity index (χ0n) is 16.2. The molecule has 0 radical (unpaired) electrons. The van der Waals surface area contributed by atoms with Gasteiger partial charge in [0.1, 0.15) is 17.4 Å². The fraction of sp³-hybridized carbons (Fsp3) is 0.120. The number of rotatable bonds is 3. The van der Waals surface area contributed by atoms with Crippen LogP contribution in [0.15, 0.2) is 71.5 Å². The summed E-state index contributed by atoms with van der Waals surface area (Å²) in [5.74, 6) is -0.868. The van der Waals surface area contributed by atoms with E-state index >= 15 is 0 Å². The molecule has 4 aromatic rings. The Balaban J connectivity index is 1.97. The fourth-order valence-corrected chi connectivity index (χ4v) is 4.48. The number of ketones is 1. The fourth-order valence-electron chi connectivity index (χ4n) is 4.48. The minimum Gasteiger partial charge on any atom is -0.300 e. The zero-order valence-corrected chi connectivity index (χ0v) is 16.2. The van der Waals surface area contributed by atoms with Crippen molar-refractivity contribution in [3.8, 4) is 22.4 Å². The maximum Gasteiger partial charge on any atom is 0.259 e. The van der Waals surface area contributed by atoms with Crippen LogP contribution in [0.3, 0.4) is 0 Å². The largest absolute Gasteiger partial charge is 0.300 e. The average molecular weight is 401 g/mol. The first-order valence-electron chi connectivity index (χ1n) is 9.68. The first kappa shape index (κ1) is 18.4. The van der Waals surface area contributed by atoms with Crippen LogP contribution in [0.25, 0.3) is 33.2 Å². The number of benzene rings is 3. The molecule has 30 heavy (non-hydrogen) atoms. The molecule has 0 saturated carbocycles. The number of fused-ring (bicyclic) bond motifs is 4. The van der Waals surface area contributed by atoms with E-state index in [2.05, 4.69) is 0 Å². The molecule has 0 amide bonds. The van der Waals surface area contributed by atoms with Crippen LogP contribution in [0.4, 0.5) is 8.78 Å². The molecule has 0 aliphatic carbocycles. The Hall–Kier alpha value is -3.60. The molecule has 1 aliphatic heterocycles. The van der Waals surface area contributed by atoms with E-state index in [0.29, 0.717) is 22.2 Å². The highest BCUT2D eigenvalue weighted by molar-refractivity contribution is 6.04. The van der Waals surface area contributed by atoms with Crippen molar-refractivity contribution in [2.24, 2.45) is 0 Å². The average Bonchev–Trinajstić information content (AvgIpc) is 3.02. The number of Topliss-reactive ketones (excluding diaryl/α,β-unsaturated/α-hetero) is 1. The summed E-state index contributed by atoms with van der Waals surface area (Å²) in [6, 6.07) is 17.1. The third kappa shape index (κ3) is 2.70. The van der Waals surface area contributed by atoms with Crippen LogP contribution in [-0.4, -0.2) is 10.4 Å². The van der Waals surface area contributed by atoms with Gasteiger partial charge in [0.2, 0.25) is 0 Å². The van der Waals surface area contributed by atoms with Crippen LogP contribution >= 0.6 is 0 Å². The molecule has 2 heterocycles.